The van der Waals surface area contributed by atoms with Gasteiger partial charge in [0.1, 0.15) is 0 Å². The number of hydrogen-bond donors (Lipinski definition) is 2. The maximum atomic E-state index is 10.6. The molecule has 1 atom stereocenters. The molecule has 0 aromatic carbocycles. The fourth-order valence-electron chi connectivity index (χ4n) is 2.05. The molecule has 1 rings (SSSR count). The van der Waals surface area contributed by atoms with Crippen LogP contribution in [0.1, 0.15) is 33.1 Å². The Hall–Kier alpha value is -0.570. The van der Waals surface area contributed by atoms with E-state index in [2.05, 4.69) is 13.8 Å². The Morgan fingerprint density at radius 1 is 1.50 bits per heavy atom. The second-order valence-corrected chi connectivity index (χ2v) is 4.44. The van der Waals surface area contributed by atoms with Crippen LogP contribution in [0.15, 0.2) is 0 Å². The van der Waals surface area contributed by atoms with E-state index in [0.29, 0.717) is 6.54 Å². The molecule has 1 fully saturated rings. The third-order valence-corrected chi connectivity index (χ3v) is 3.54. The molecular formula is C9H17NO2. The second-order valence-electron chi connectivity index (χ2n) is 4.44. The summed E-state index contributed by atoms with van der Waals surface area (Å²) in [5.74, 6) is -0.728. The van der Waals surface area contributed by atoms with Gasteiger partial charge in [0.2, 0.25) is 0 Å². The van der Waals surface area contributed by atoms with E-state index < -0.39 is 5.97 Å². The van der Waals surface area contributed by atoms with Crippen molar-refractivity contribution in [2.75, 3.05) is 6.54 Å². The Balaban J connectivity index is 2.71. The number of carboxylic acids is 1. The molecule has 1 saturated carbocycles. The highest BCUT2D eigenvalue weighted by Gasteiger charge is 2.52. The summed E-state index contributed by atoms with van der Waals surface area (Å²) in [5, 5.41) is 8.72. The van der Waals surface area contributed by atoms with Crippen LogP contribution in [-0.2, 0) is 4.79 Å². The molecule has 0 aromatic heterocycles. The third-order valence-electron chi connectivity index (χ3n) is 3.54. The monoisotopic (exact) mass is 171 g/mol. The molecule has 0 aromatic rings. The number of carbonyl (C=O) groups is 1. The van der Waals surface area contributed by atoms with Crippen LogP contribution in [0.25, 0.3) is 0 Å². The summed E-state index contributed by atoms with van der Waals surface area (Å²) in [5.41, 5.74) is 5.60. The van der Waals surface area contributed by atoms with Crippen LogP contribution in [-0.4, -0.2) is 17.6 Å². The summed E-state index contributed by atoms with van der Waals surface area (Å²) in [4.78, 5) is 10.6. The molecule has 3 heteroatoms. The van der Waals surface area contributed by atoms with Crippen LogP contribution in [0.5, 0.6) is 0 Å². The zero-order chi connectivity index (χ0) is 9.41. The predicted octanol–water partition coefficient (Wildman–Crippen LogP) is 1.23. The number of carboxylic acid groups (broad SMARTS) is 1. The lowest BCUT2D eigenvalue weighted by Gasteiger charge is -2.55. The number of nitrogens with two attached hydrogens (primary N) is 1. The minimum absolute atomic E-state index is 0.111. The Kier molecular flexibility index (Phi) is 2.17. The van der Waals surface area contributed by atoms with Gasteiger partial charge in [-0.3, -0.25) is 4.79 Å². The van der Waals surface area contributed by atoms with Gasteiger partial charge in [-0.1, -0.05) is 13.8 Å². The molecule has 1 unspecified atom stereocenters. The fraction of sp³-hybridized carbons (Fsp3) is 0.889. The maximum absolute atomic E-state index is 10.6. The van der Waals surface area contributed by atoms with Gasteiger partial charge in [-0.2, -0.15) is 0 Å². The molecular weight excluding hydrogens is 154 g/mol. The molecule has 70 valence electrons. The summed E-state index contributed by atoms with van der Waals surface area (Å²) in [7, 11) is 0. The van der Waals surface area contributed by atoms with Crippen molar-refractivity contribution in [3.63, 3.8) is 0 Å². The lowest BCUT2D eigenvalue weighted by Crippen LogP contribution is -2.53. The van der Waals surface area contributed by atoms with Crippen molar-refractivity contribution in [1.82, 2.24) is 0 Å². The molecule has 0 bridgehead atoms. The normalized spacial score (nSPS) is 32.6. The summed E-state index contributed by atoms with van der Waals surface area (Å²) >= 11 is 0. The topological polar surface area (TPSA) is 63.3 Å². The molecule has 0 saturated heterocycles. The van der Waals surface area contributed by atoms with Gasteiger partial charge in [-0.15, -0.1) is 0 Å². The van der Waals surface area contributed by atoms with Crippen LogP contribution >= 0.6 is 0 Å². The zero-order valence-electron chi connectivity index (χ0n) is 7.76. The van der Waals surface area contributed by atoms with Gasteiger partial charge in [0.15, 0.2) is 0 Å². The largest absolute Gasteiger partial charge is 0.481 e. The average Bonchev–Trinajstić information content (AvgIpc) is 1.97. The SMILES string of the molecule is CC1(C)CCC1(CN)CC(=O)O. The predicted molar refractivity (Wildman–Crippen MR) is 46.8 cm³/mol. The fourth-order valence-corrected chi connectivity index (χ4v) is 2.05. The van der Waals surface area contributed by atoms with Crippen molar-refractivity contribution in [2.24, 2.45) is 16.6 Å². The minimum Gasteiger partial charge on any atom is -0.481 e. The van der Waals surface area contributed by atoms with Crippen molar-refractivity contribution in [3.05, 3.63) is 0 Å². The standard InChI is InChI=1S/C9H17NO2/c1-8(2)3-4-9(8,6-10)5-7(11)12/h3-6,10H2,1-2H3,(H,11,12). The third kappa shape index (κ3) is 1.22. The molecule has 0 aliphatic heterocycles. The summed E-state index contributed by atoms with van der Waals surface area (Å²) < 4.78 is 0. The van der Waals surface area contributed by atoms with E-state index in [4.69, 9.17) is 10.8 Å². The first-order valence-electron chi connectivity index (χ1n) is 4.35. The van der Waals surface area contributed by atoms with Gasteiger partial charge < -0.3 is 10.8 Å². The van der Waals surface area contributed by atoms with E-state index in [9.17, 15) is 4.79 Å². The van der Waals surface area contributed by atoms with E-state index in [1.54, 1.807) is 0 Å². The summed E-state index contributed by atoms with van der Waals surface area (Å²) in [6, 6.07) is 0. The van der Waals surface area contributed by atoms with Crippen molar-refractivity contribution >= 4 is 5.97 Å². The Labute approximate surface area is 72.9 Å². The molecule has 0 heterocycles. The highest BCUT2D eigenvalue weighted by molar-refractivity contribution is 5.68. The van der Waals surface area contributed by atoms with Crippen LogP contribution in [0.2, 0.25) is 0 Å². The van der Waals surface area contributed by atoms with Gasteiger partial charge in [0.25, 0.3) is 0 Å². The first-order chi connectivity index (χ1) is 5.43. The van der Waals surface area contributed by atoms with Crippen molar-refractivity contribution in [1.29, 1.82) is 0 Å². The Morgan fingerprint density at radius 3 is 2.17 bits per heavy atom. The zero-order valence-corrected chi connectivity index (χ0v) is 7.76. The molecule has 0 radical (unpaired) electrons. The van der Waals surface area contributed by atoms with Crippen LogP contribution in [0, 0.1) is 10.8 Å². The smallest absolute Gasteiger partial charge is 0.303 e. The first-order valence-corrected chi connectivity index (χ1v) is 4.35. The van der Waals surface area contributed by atoms with Gasteiger partial charge in [-0.05, 0) is 30.2 Å². The van der Waals surface area contributed by atoms with E-state index in [-0.39, 0.29) is 17.3 Å². The van der Waals surface area contributed by atoms with Gasteiger partial charge in [0, 0.05) is 0 Å². The number of hydrogen-bond acceptors (Lipinski definition) is 2. The molecule has 1 aliphatic carbocycles. The highest BCUT2D eigenvalue weighted by atomic mass is 16.4. The van der Waals surface area contributed by atoms with E-state index in [1.807, 2.05) is 0 Å². The lowest BCUT2D eigenvalue weighted by molar-refractivity contribution is -0.147. The summed E-state index contributed by atoms with van der Waals surface area (Å²) in [6.07, 6.45) is 2.27. The van der Waals surface area contributed by atoms with E-state index >= 15 is 0 Å². The summed E-state index contributed by atoms with van der Waals surface area (Å²) in [6.45, 7) is 4.70. The Bertz CT molecular complexity index is 197. The van der Waals surface area contributed by atoms with Crippen molar-refractivity contribution in [2.45, 2.75) is 33.1 Å². The van der Waals surface area contributed by atoms with E-state index in [0.717, 1.165) is 12.8 Å². The number of rotatable bonds is 3. The quantitative estimate of drug-likeness (QED) is 0.671. The van der Waals surface area contributed by atoms with E-state index in [1.165, 1.54) is 0 Å². The second kappa shape index (κ2) is 2.73. The number of aliphatic carboxylic acids is 1. The first kappa shape index (κ1) is 9.52. The molecule has 12 heavy (non-hydrogen) atoms. The molecule has 1 aliphatic rings. The van der Waals surface area contributed by atoms with Crippen LogP contribution in [0.4, 0.5) is 0 Å². The molecule has 0 amide bonds. The lowest BCUT2D eigenvalue weighted by atomic mass is 9.50. The Morgan fingerprint density at radius 2 is 2.08 bits per heavy atom. The van der Waals surface area contributed by atoms with Crippen molar-refractivity contribution in [3.8, 4) is 0 Å². The highest BCUT2D eigenvalue weighted by Crippen LogP contribution is 2.57. The van der Waals surface area contributed by atoms with Gasteiger partial charge >= 0.3 is 5.97 Å². The van der Waals surface area contributed by atoms with Gasteiger partial charge in [0.05, 0.1) is 6.42 Å². The van der Waals surface area contributed by atoms with Crippen LogP contribution < -0.4 is 5.73 Å². The average molecular weight is 171 g/mol. The minimum atomic E-state index is -0.728. The molecule has 0 spiro atoms. The molecule has 3 nitrogen and oxygen atoms in total. The maximum Gasteiger partial charge on any atom is 0.303 e. The molecule has 3 N–H and O–H groups in total. The van der Waals surface area contributed by atoms with Crippen LogP contribution in [0.3, 0.4) is 0 Å². The van der Waals surface area contributed by atoms with Gasteiger partial charge in [-0.25, -0.2) is 0 Å². The van der Waals surface area contributed by atoms with Crippen molar-refractivity contribution < 1.29 is 9.90 Å².